The maximum absolute atomic E-state index is 15.5. The Bertz CT molecular complexity index is 499. The minimum absolute atomic E-state index is 0.692. The van der Waals surface area contributed by atoms with Gasteiger partial charge in [0.2, 0.25) is 0 Å². The van der Waals surface area contributed by atoms with Crippen LogP contribution in [0.4, 0.5) is 4.39 Å². The summed E-state index contributed by atoms with van der Waals surface area (Å²) in [7, 11) is -2.34. The second kappa shape index (κ2) is 8.44. The fourth-order valence-electron chi connectivity index (χ4n) is 3.45. The average Bonchev–Trinajstić information content (AvgIpc) is 2.58. The zero-order chi connectivity index (χ0) is 15.8. The number of rotatable bonds is 8. The fraction of sp³-hybridized carbons (Fsp3) is 0.400. The molecule has 0 saturated carbocycles. The van der Waals surface area contributed by atoms with Crippen LogP contribution in [-0.4, -0.2) is 12.1 Å². The Morgan fingerprint density at radius 2 is 1.32 bits per heavy atom. The van der Waals surface area contributed by atoms with Gasteiger partial charge in [0.25, 0.3) is 0 Å². The molecule has 0 nitrogen and oxygen atoms in total. The maximum atomic E-state index is 15.5. The normalized spacial score (nSPS) is 13.8. The zero-order valence-corrected chi connectivity index (χ0v) is 14.8. The zero-order valence-electron chi connectivity index (χ0n) is 13.8. The molecular formula is C20H28FP. The molecule has 0 radical (unpaired) electrons. The summed E-state index contributed by atoms with van der Waals surface area (Å²) < 4.78 is 15.5. The van der Waals surface area contributed by atoms with E-state index in [9.17, 15) is 0 Å². The second-order valence-electron chi connectivity index (χ2n) is 6.02. The van der Waals surface area contributed by atoms with Crippen molar-refractivity contribution in [1.82, 2.24) is 0 Å². The molecular weight excluding hydrogens is 290 g/mol. The van der Waals surface area contributed by atoms with Crippen LogP contribution in [0.1, 0.15) is 39.5 Å². The van der Waals surface area contributed by atoms with Crippen LogP contribution < -0.4 is 10.6 Å². The standard InChI is InChI=1S/C20H28FP/c1-3-5-8-17-20(21)22(4-2,18-13-9-6-10-14-18)19-15-11-7-12-16-19/h6-7,9-16,20,22H,3-5,8,17H2,1-2H3. The van der Waals surface area contributed by atoms with Gasteiger partial charge in [-0.15, -0.1) is 0 Å². The molecule has 0 N–H and O–H groups in total. The van der Waals surface area contributed by atoms with Gasteiger partial charge in [0.1, 0.15) is 0 Å². The molecule has 0 amide bonds. The summed E-state index contributed by atoms with van der Waals surface area (Å²) in [5.41, 5.74) is 0. The third-order valence-electron chi connectivity index (χ3n) is 4.73. The number of alkyl halides is 1. The molecule has 2 aromatic carbocycles. The summed E-state index contributed by atoms with van der Waals surface area (Å²) in [6.45, 7) is 4.34. The van der Waals surface area contributed by atoms with Crippen LogP contribution in [0.2, 0.25) is 0 Å². The van der Waals surface area contributed by atoms with Crippen molar-refractivity contribution < 1.29 is 4.39 Å². The molecule has 2 heteroatoms. The van der Waals surface area contributed by atoms with Crippen molar-refractivity contribution in [1.29, 1.82) is 0 Å². The first-order chi connectivity index (χ1) is 10.8. The number of hydrogen-bond acceptors (Lipinski definition) is 0. The number of unbranched alkanes of at least 4 members (excludes halogenated alkanes) is 2. The van der Waals surface area contributed by atoms with Crippen LogP contribution in [0, 0.1) is 0 Å². The number of halogens is 1. The minimum atomic E-state index is -2.34. The molecule has 2 aromatic rings. The van der Waals surface area contributed by atoms with Crippen molar-refractivity contribution >= 4 is 17.9 Å². The molecule has 0 spiro atoms. The molecule has 0 aliphatic rings. The molecule has 0 bridgehead atoms. The van der Waals surface area contributed by atoms with Crippen molar-refractivity contribution in [3.8, 4) is 0 Å². The van der Waals surface area contributed by atoms with Crippen LogP contribution in [0.5, 0.6) is 0 Å². The molecule has 1 atom stereocenters. The first-order valence-corrected chi connectivity index (χ1v) is 10.8. The second-order valence-corrected chi connectivity index (χ2v) is 10.5. The fourth-order valence-corrected chi connectivity index (χ4v) is 8.04. The van der Waals surface area contributed by atoms with Crippen LogP contribution in [0.15, 0.2) is 60.7 Å². The van der Waals surface area contributed by atoms with Gasteiger partial charge in [-0.2, -0.15) is 0 Å². The van der Waals surface area contributed by atoms with Crippen molar-refractivity contribution in [3.63, 3.8) is 0 Å². The van der Waals surface area contributed by atoms with Crippen LogP contribution in [-0.2, 0) is 0 Å². The number of benzene rings is 2. The van der Waals surface area contributed by atoms with Gasteiger partial charge < -0.3 is 0 Å². The molecule has 0 saturated heterocycles. The Kier molecular flexibility index (Phi) is 6.58. The molecule has 2 rings (SSSR count). The van der Waals surface area contributed by atoms with Gasteiger partial charge >= 0.3 is 135 Å². The van der Waals surface area contributed by atoms with E-state index in [1.165, 1.54) is 10.6 Å². The summed E-state index contributed by atoms with van der Waals surface area (Å²) in [6, 6.07) is 20.8. The quantitative estimate of drug-likeness (QED) is 0.459. The Morgan fingerprint density at radius 3 is 1.73 bits per heavy atom. The van der Waals surface area contributed by atoms with Crippen molar-refractivity contribution in [2.24, 2.45) is 0 Å². The molecule has 0 heterocycles. The molecule has 0 aliphatic heterocycles. The summed E-state index contributed by atoms with van der Waals surface area (Å²) in [5.74, 6) is -0.714. The van der Waals surface area contributed by atoms with Gasteiger partial charge in [-0.25, -0.2) is 0 Å². The van der Waals surface area contributed by atoms with Crippen LogP contribution in [0.3, 0.4) is 0 Å². The summed E-state index contributed by atoms with van der Waals surface area (Å²) >= 11 is 0. The van der Waals surface area contributed by atoms with Gasteiger partial charge in [-0.1, -0.05) is 0 Å². The first kappa shape index (κ1) is 17.2. The van der Waals surface area contributed by atoms with E-state index in [0.717, 1.165) is 25.4 Å². The first-order valence-electron chi connectivity index (χ1n) is 8.50. The molecule has 0 aliphatic carbocycles. The van der Waals surface area contributed by atoms with E-state index in [0.29, 0.717) is 6.42 Å². The third-order valence-corrected chi connectivity index (χ3v) is 9.93. The van der Waals surface area contributed by atoms with Gasteiger partial charge in [-0.3, -0.25) is 0 Å². The summed E-state index contributed by atoms with van der Waals surface area (Å²) in [4.78, 5) is 0. The van der Waals surface area contributed by atoms with Crippen LogP contribution in [0.25, 0.3) is 0 Å². The van der Waals surface area contributed by atoms with E-state index in [-0.39, 0.29) is 0 Å². The topological polar surface area (TPSA) is 0 Å². The summed E-state index contributed by atoms with van der Waals surface area (Å²) in [5, 5.41) is 2.46. The Balaban J connectivity index is 2.43. The Morgan fingerprint density at radius 1 is 0.818 bits per heavy atom. The van der Waals surface area contributed by atoms with Crippen LogP contribution >= 0.6 is 7.26 Å². The summed E-state index contributed by atoms with van der Waals surface area (Å²) in [6.07, 6.45) is 4.86. The predicted molar refractivity (Wildman–Crippen MR) is 100 cm³/mol. The SMILES string of the molecule is CCCCCC(F)[PH](CC)(c1ccccc1)c1ccccc1. The van der Waals surface area contributed by atoms with Gasteiger partial charge in [-0.05, 0) is 0 Å². The average molecular weight is 318 g/mol. The molecule has 22 heavy (non-hydrogen) atoms. The van der Waals surface area contributed by atoms with Gasteiger partial charge in [0.05, 0.1) is 0 Å². The van der Waals surface area contributed by atoms with E-state index in [4.69, 9.17) is 0 Å². The van der Waals surface area contributed by atoms with Crippen molar-refractivity contribution in [3.05, 3.63) is 60.7 Å². The molecule has 0 fully saturated rings. The van der Waals surface area contributed by atoms with E-state index in [2.05, 4.69) is 62.4 Å². The van der Waals surface area contributed by atoms with E-state index in [1.807, 2.05) is 12.1 Å². The molecule has 120 valence electrons. The van der Waals surface area contributed by atoms with E-state index in [1.54, 1.807) is 0 Å². The van der Waals surface area contributed by atoms with Crippen molar-refractivity contribution in [2.75, 3.05) is 6.16 Å². The Labute approximate surface area is 135 Å². The Hall–Kier alpha value is -1.20. The van der Waals surface area contributed by atoms with Crippen molar-refractivity contribution in [2.45, 2.75) is 45.4 Å². The molecule has 1 unspecified atom stereocenters. The monoisotopic (exact) mass is 318 g/mol. The molecule has 0 aromatic heterocycles. The third kappa shape index (κ3) is 3.58. The number of hydrogen-bond donors (Lipinski definition) is 0. The predicted octanol–water partition coefficient (Wildman–Crippen LogP) is 5.28. The van der Waals surface area contributed by atoms with Gasteiger partial charge in [0.15, 0.2) is 0 Å². The van der Waals surface area contributed by atoms with E-state index < -0.39 is 13.2 Å². The van der Waals surface area contributed by atoms with E-state index >= 15 is 4.39 Å². The van der Waals surface area contributed by atoms with Gasteiger partial charge in [0, 0.05) is 0 Å².